The van der Waals surface area contributed by atoms with Crippen molar-refractivity contribution >= 4 is 39.3 Å². The number of aromatic nitrogens is 2. The number of hydrogen-bond acceptors (Lipinski definition) is 5. The number of nitrogens with one attached hydrogen (secondary N) is 1. The number of thioether (sulfide) groups is 1. The number of carboxylic acid groups (broad SMARTS) is 1. The Kier molecular flexibility index (Phi) is 5.01. The number of thiophene rings is 1. The Bertz CT molecular complexity index is 918. The number of nitrogens with zero attached hydrogens (tertiary/aromatic N) is 1. The SMILES string of the molecule is Cc1cc2c(=O)[nH]c(SC(CCc3ccccc3)C(=O)O)nc2s1. The fourth-order valence-corrected chi connectivity index (χ4v) is 4.24. The molecule has 0 aliphatic carbocycles. The van der Waals surface area contributed by atoms with Crippen molar-refractivity contribution in [3.05, 3.63) is 57.2 Å². The monoisotopic (exact) mass is 360 g/mol. The fraction of sp³-hybridized carbons (Fsp3) is 0.235. The van der Waals surface area contributed by atoms with Gasteiger partial charge in [0.15, 0.2) is 5.16 Å². The van der Waals surface area contributed by atoms with Crippen LogP contribution in [0.5, 0.6) is 0 Å². The minimum absolute atomic E-state index is 0.223. The van der Waals surface area contributed by atoms with Crippen LogP contribution >= 0.6 is 23.1 Å². The van der Waals surface area contributed by atoms with Crippen LogP contribution in [0.3, 0.4) is 0 Å². The molecule has 1 unspecified atom stereocenters. The van der Waals surface area contributed by atoms with Crippen molar-refractivity contribution < 1.29 is 9.90 Å². The average molecular weight is 360 g/mol. The van der Waals surface area contributed by atoms with Crippen LogP contribution < -0.4 is 5.56 Å². The molecule has 5 nitrogen and oxygen atoms in total. The van der Waals surface area contributed by atoms with Crippen molar-refractivity contribution in [1.29, 1.82) is 0 Å². The predicted octanol–water partition coefficient (Wildman–Crippen LogP) is 3.47. The second-order valence-corrected chi connectivity index (χ2v) is 7.84. The largest absolute Gasteiger partial charge is 0.480 e. The molecule has 0 spiro atoms. The van der Waals surface area contributed by atoms with E-state index in [2.05, 4.69) is 9.97 Å². The standard InChI is InChI=1S/C17H16N2O3S2/c1-10-9-12-14(20)18-17(19-15(12)23-10)24-13(16(21)22)8-7-11-5-3-2-4-6-11/h2-6,9,13H,7-8H2,1H3,(H,21,22)(H,18,19,20). The number of benzene rings is 1. The number of aromatic amines is 1. The Morgan fingerprint density at radius 3 is 2.83 bits per heavy atom. The van der Waals surface area contributed by atoms with Gasteiger partial charge in [-0.2, -0.15) is 0 Å². The fourth-order valence-electron chi connectivity index (χ4n) is 2.40. The normalized spacial score (nSPS) is 12.4. The van der Waals surface area contributed by atoms with E-state index < -0.39 is 11.2 Å². The smallest absolute Gasteiger partial charge is 0.317 e. The quantitative estimate of drug-likeness (QED) is 0.519. The predicted molar refractivity (Wildman–Crippen MR) is 97.0 cm³/mol. The van der Waals surface area contributed by atoms with Gasteiger partial charge < -0.3 is 10.1 Å². The molecule has 2 N–H and O–H groups in total. The van der Waals surface area contributed by atoms with Gasteiger partial charge in [-0.3, -0.25) is 9.59 Å². The molecule has 24 heavy (non-hydrogen) atoms. The van der Waals surface area contributed by atoms with Gasteiger partial charge in [-0.05, 0) is 31.4 Å². The van der Waals surface area contributed by atoms with E-state index in [0.29, 0.717) is 28.2 Å². The summed E-state index contributed by atoms with van der Waals surface area (Å²) in [7, 11) is 0. The molecule has 0 fully saturated rings. The summed E-state index contributed by atoms with van der Waals surface area (Å²) in [6, 6.07) is 11.5. The maximum Gasteiger partial charge on any atom is 0.317 e. The van der Waals surface area contributed by atoms with Crippen LogP contribution in [0.25, 0.3) is 10.2 Å². The summed E-state index contributed by atoms with van der Waals surface area (Å²) in [6.07, 6.45) is 1.13. The van der Waals surface area contributed by atoms with E-state index in [1.54, 1.807) is 6.07 Å². The Labute approximate surface area is 146 Å². The molecule has 124 valence electrons. The minimum Gasteiger partial charge on any atom is -0.480 e. The highest BCUT2D eigenvalue weighted by Crippen LogP contribution is 2.26. The third-order valence-electron chi connectivity index (χ3n) is 3.57. The number of fused-ring (bicyclic) bond motifs is 1. The van der Waals surface area contributed by atoms with Crippen LogP contribution in [0, 0.1) is 6.92 Å². The number of rotatable bonds is 6. The number of H-pyrrole nitrogens is 1. The van der Waals surface area contributed by atoms with E-state index in [0.717, 1.165) is 22.2 Å². The second kappa shape index (κ2) is 7.19. The molecular formula is C17H16N2O3S2. The first-order valence-electron chi connectivity index (χ1n) is 7.47. The van der Waals surface area contributed by atoms with Gasteiger partial charge >= 0.3 is 5.97 Å². The summed E-state index contributed by atoms with van der Waals surface area (Å²) in [6.45, 7) is 1.92. The molecular weight excluding hydrogens is 344 g/mol. The molecule has 0 aliphatic heterocycles. The van der Waals surface area contributed by atoms with E-state index >= 15 is 0 Å². The van der Waals surface area contributed by atoms with E-state index in [1.165, 1.54) is 11.3 Å². The lowest BCUT2D eigenvalue weighted by molar-refractivity contribution is -0.136. The molecule has 2 aromatic heterocycles. The van der Waals surface area contributed by atoms with Gasteiger partial charge in [-0.15, -0.1) is 11.3 Å². The van der Waals surface area contributed by atoms with Crippen LogP contribution in [0.15, 0.2) is 46.3 Å². The van der Waals surface area contributed by atoms with E-state index in [-0.39, 0.29) is 5.56 Å². The van der Waals surface area contributed by atoms with Gasteiger partial charge in [0.1, 0.15) is 10.1 Å². The van der Waals surface area contributed by atoms with Gasteiger partial charge in [0.05, 0.1) is 5.39 Å². The molecule has 0 bridgehead atoms. The van der Waals surface area contributed by atoms with Gasteiger partial charge in [-0.1, -0.05) is 42.1 Å². The van der Waals surface area contributed by atoms with Crippen molar-refractivity contribution in [3.63, 3.8) is 0 Å². The van der Waals surface area contributed by atoms with Crippen LogP contribution in [-0.4, -0.2) is 26.3 Å². The summed E-state index contributed by atoms with van der Waals surface area (Å²) in [5.74, 6) is -0.902. The Balaban J connectivity index is 1.78. The van der Waals surface area contributed by atoms with Crippen molar-refractivity contribution in [1.82, 2.24) is 9.97 Å². The van der Waals surface area contributed by atoms with Gasteiger partial charge in [0.25, 0.3) is 5.56 Å². The van der Waals surface area contributed by atoms with Crippen LogP contribution in [0.4, 0.5) is 0 Å². The maximum atomic E-state index is 12.1. The zero-order valence-corrected chi connectivity index (χ0v) is 14.6. The molecule has 0 saturated heterocycles. The van der Waals surface area contributed by atoms with E-state index in [1.807, 2.05) is 37.3 Å². The molecule has 0 aliphatic rings. The summed E-state index contributed by atoms with van der Waals surface area (Å²) in [5, 5.41) is 9.71. The first-order valence-corrected chi connectivity index (χ1v) is 9.16. The topological polar surface area (TPSA) is 83.0 Å². The highest BCUT2D eigenvalue weighted by Gasteiger charge is 2.21. The lowest BCUT2D eigenvalue weighted by Crippen LogP contribution is -2.19. The molecule has 0 amide bonds. The molecule has 3 aromatic rings. The Morgan fingerprint density at radius 1 is 1.38 bits per heavy atom. The van der Waals surface area contributed by atoms with Crippen molar-refractivity contribution in [2.45, 2.75) is 30.2 Å². The van der Waals surface area contributed by atoms with Crippen LogP contribution in [0.2, 0.25) is 0 Å². The zero-order chi connectivity index (χ0) is 17.1. The maximum absolute atomic E-state index is 12.1. The first kappa shape index (κ1) is 16.7. The molecule has 1 atom stereocenters. The molecule has 3 rings (SSSR count). The summed E-state index contributed by atoms with van der Waals surface area (Å²) in [4.78, 5) is 32.4. The lowest BCUT2D eigenvalue weighted by atomic mass is 10.1. The molecule has 0 radical (unpaired) electrons. The third-order valence-corrected chi connectivity index (χ3v) is 5.65. The zero-order valence-electron chi connectivity index (χ0n) is 13.0. The van der Waals surface area contributed by atoms with Crippen molar-refractivity contribution in [3.8, 4) is 0 Å². The summed E-state index contributed by atoms with van der Waals surface area (Å²) >= 11 is 2.53. The number of carbonyl (C=O) groups is 1. The van der Waals surface area contributed by atoms with E-state index in [9.17, 15) is 14.7 Å². The molecule has 0 saturated carbocycles. The number of aliphatic carboxylic acids is 1. The van der Waals surface area contributed by atoms with Crippen molar-refractivity contribution in [2.75, 3.05) is 0 Å². The second-order valence-electron chi connectivity index (χ2n) is 5.42. The molecule has 2 heterocycles. The summed E-state index contributed by atoms with van der Waals surface area (Å²) < 4.78 is 0. The third kappa shape index (κ3) is 3.85. The highest BCUT2D eigenvalue weighted by atomic mass is 32.2. The van der Waals surface area contributed by atoms with Gasteiger partial charge in [-0.25, -0.2) is 4.98 Å². The lowest BCUT2D eigenvalue weighted by Gasteiger charge is -2.11. The number of aryl methyl sites for hydroxylation is 2. The Morgan fingerprint density at radius 2 is 2.12 bits per heavy atom. The highest BCUT2D eigenvalue weighted by molar-refractivity contribution is 8.00. The van der Waals surface area contributed by atoms with Crippen LogP contribution in [-0.2, 0) is 11.2 Å². The van der Waals surface area contributed by atoms with E-state index in [4.69, 9.17) is 0 Å². The average Bonchev–Trinajstić information content (AvgIpc) is 2.93. The molecule has 1 aromatic carbocycles. The Hall–Kier alpha value is -2.12. The van der Waals surface area contributed by atoms with Gasteiger partial charge in [0.2, 0.25) is 0 Å². The summed E-state index contributed by atoms with van der Waals surface area (Å²) in [5.41, 5.74) is 0.870. The van der Waals surface area contributed by atoms with Gasteiger partial charge in [0, 0.05) is 4.88 Å². The number of hydrogen-bond donors (Lipinski definition) is 2. The van der Waals surface area contributed by atoms with Crippen LogP contribution in [0.1, 0.15) is 16.9 Å². The minimum atomic E-state index is -0.902. The number of carboxylic acids is 1. The van der Waals surface area contributed by atoms with Crippen molar-refractivity contribution in [2.24, 2.45) is 0 Å². The first-order chi connectivity index (χ1) is 11.5. The molecule has 7 heteroatoms.